The Kier molecular flexibility index (Phi) is 4.86. The maximum atomic E-state index is 12.6. The minimum absolute atomic E-state index is 0.179. The molecule has 6 nitrogen and oxygen atoms in total. The van der Waals surface area contributed by atoms with E-state index in [1.54, 1.807) is 21.9 Å². The Morgan fingerprint density at radius 2 is 1.87 bits per heavy atom. The number of fused-ring (bicyclic) bond motifs is 1. The second-order valence-electron chi connectivity index (χ2n) is 6.50. The first-order valence-electron chi connectivity index (χ1n) is 9.12. The van der Waals surface area contributed by atoms with Gasteiger partial charge in [0.2, 0.25) is 0 Å². The van der Waals surface area contributed by atoms with Crippen molar-refractivity contribution in [3.63, 3.8) is 0 Å². The molecule has 0 aliphatic carbocycles. The third kappa shape index (κ3) is 3.51. The van der Waals surface area contributed by atoms with Gasteiger partial charge in [-0.25, -0.2) is 0 Å². The number of hydrogen-bond acceptors (Lipinski definition) is 5. The molecule has 0 saturated heterocycles. The van der Waals surface area contributed by atoms with Gasteiger partial charge in [0, 0.05) is 15.7 Å². The molecular formula is C22H14BrN5OS. The van der Waals surface area contributed by atoms with Crippen molar-refractivity contribution >= 4 is 44.5 Å². The molecular weight excluding hydrogens is 462 g/mol. The molecule has 0 fully saturated rings. The molecule has 30 heavy (non-hydrogen) atoms. The van der Waals surface area contributed by atoms with E-state index in [1.165, 1.54) is 0 Å². The van der Waals surface area contributed by atoms with Crippen molar-refractivity contribution in [1.82, 2.24) is 19.8 Å². The van der Waals surface area contributed by atoms with Gasteiger partial charge in [-0.05, 0) is 63.8 Å². The van der Waals surface area contributed by atoms with Crippen LogP contribution in [0.3, 0.4) is 0 Å². The number of rotatable bonds is 4. The summed E-state index contributed by atoms with van der Waals surface area (Å²) in [4.78, 5) is 13.6. The van der Waals surface area contributed by atoms with Crippen molar-refractivity contribution in [2.45, 2.75) is 0 Å². The molecule has 0 unspecified atom stereocenters. The molecule has 0 bridgehead atoms. The molecule has 0 saturated carbocycles. The van der Waals surface area contributed by atoms with Crippen molar-refractivity contribution < 1.29 is 4.79 Å². The number of aromatic nitrogens is 4. The van der Waals surface area contributed by atoms with Gasteiger partial charge in [-0.3, -0.25) is 4.79 Å². The molecule has 0 radical (unpaired) electrons. The molecule has 8 heteroatoms. The molecule has 5 rings (SSSR count). The topological polar surface area (TPSA) is 72.2 Å². The molecule has 0 aliphatic rings. The fraction of sp³-hybridized carbons (Fsp3) is 0. The van der Waals surface area contributed by atoms with Crippen LogP contribution >= 0.6 is 27.3 Å². The van der Waals surface area contributed by atoms with E-state index in [-0.39, 0.29) is 5.91 Å². The fourth-order valence-electron chi connectivity index (χ4n) is 3.10. The van der Waals surface area contributed by atoms with Gasteiger partial charge in [0.05, 0.1) is 16.1 Å². The van der Waals surface area contributed by atoms with Gasteiger partial charge in [-0.2, -0.15) is 9.61 Å². The first kappa shape index (κ1) is 18.7. The van der Waals surface area contributed by atoms with Crippen molar-refractivity contribution in [2.75, 3.05) is 5.32 Å². The normalized spacial score (nSPS) is 11.0. The monoisotopic (exact) mass is 475 g/mol. The summed E-state index contributed by atoms with van der Waals surface area (Å²) in [5, 5.41) is 18.2. The number of carbonyl (C=O) groups is 1. The van der Waals surface area contributed by atoms with Crippen molar-refractivity contribution in [3.8, 4) is 22.0 Å². The number of hydrogen-bond donors (Lipinski definition) is 1. The average molecular weight is 476 g/mol. The predicted molar refractivity (Wildman–Crippen MR) is 122 cm³/mol. The molecule has 146 valence electrons. The lowest BCUT2D eigenvalue weighted by Crippen LogP contribution is -2.12. The van der Waals surface area contributed by atoms with Crippen LogP contribution in [-0.2, 0) is 0 Å². The lowest BCUT2D eigenvalue weighted by atomic mass is 10.1. The highest BCUT2D eigenvalue weighted by Gasteiger charge is 2.13. The highest BCUT2D eigenvalue weighted by Crippen LogP contribution is 2.26. The second kappa shape index (κ2) is 7.81. The number of thiophene rings is 1. The van der Waals surface area contributed by atoms with Crippen LogP contribution in [0.2, 0.25) is 0 Å². The summed E-state index contributed by atoms with van der Waals surface area (Å²) in [6.45, 7) is 0. The number of benzene rings is 2. The molecule has 2 aromatic carbocycles. The summed E-state index contributed by atoms with van der Waals surface area (Å²) in [5.74, 6) is 0.530. The number of nitrogens with zero attached hydrogens (tertiary/aromatic N) is 4. The third-order valence-corrected chi connectivity index (χ3v) is 6.10. The van der Waals surface area contributed by atoms with E-state index in [1.807, 2.05) is 72.1 Å². The van der Waals surface area contributed by atoms with E-state index >= 15 is 0 Å². The zero-order valence-corrected chi connectivity index (χ0v) is 17.9. The Hall–Kier alpha value is -3.36. The van der Waals surface area contributed by atoms with Gasteiger partial charge in [-0.15, -0.1) is 21.5 Å². The summed E-state index contributed by atoms with van der Waals surface area (Å²) < 4.78 is 2.49. The minimum Gasteiger partial charge on any atom is -0.322 e. The van der Waals surface area contributed by atoms with Gasteiger partial charge in [0.25, 0.3) is 5.91 Å². The Morgan fingerprint density at radius 3 is 2.70 bits per heavy atom. The number of anilines is 1. The molecule has 1 N–H and O–H groups in total. The van der Waals surface area contributed by atoms with E-state index in [2.05, 4.69) is 31.4 Å². The zero-order valence-electron chi connectivity index (χ0n) is 15.5. The van der Waals surface area contributed by atoms with Crippen LogP contribution in [0.25, 0.3) is 27.6 Å². The maximum Gasteiger partial charge on any atom is 0.256 e. The van der Waals surface area contributed by atoms with E-state index in [0.717, 1.165) is 20.6 Å². The van der Waals surface area contributed by atoms with Gasteiger partial charge in [-0.1, -0.05) is 30.3 Å². The van der Waals surface area contributed by atoms with Crippen LogP contribution in [0.4, 0.5) is 5.69 Å². The van der Waals surface area contributed by atoms with Crippen molar-refractivity contribution in [1.29, 1.82) is 0 Å². The molecule has 0 spiro atoms. The average Bonchev–Trinajstić information content (AvgIpc) is 3.43. The molecule has 1 amide bonds. The standard InChI is InChI=1S/C22H14BrN5OS/c23-17-8-2-1-7-16(17)22(29)24-15-6-3-5-14(13-15)18-10-11-20-25-26-21(28(20)27-18)19-9-4-12-30-19/h1-13H,(H,24,29). The molecule has 0 aliphatic heterocycles. The molecule has 5 aromatic rings. The van der Waals surface area contributed by atoms with E-state index in [4.69, 9.17) is 5.10 Å². The number of nitrogens with one attached hydrogen (secondary N) is 1. The second-order valence-corrected chi connectivity index (χ2v) is 8.31. The summed E-state index contributed by atoms with van der Waals surface area (Å²) in [6, 6.07) is 22.7. The highest BCUT2D eigenvalue weighted by molar-refractivity contribution is 9.10. The zero-order chi connectivity index (χ0) is 20.5. The van der Waals surface area contributed by atoms with Gasteiger partial charge in [0.1, 0.15) is 0 Å². The predicted octanol–water partition coefficient (Wildman–Crippen LogP) is 5.53. The number of amides is 1. The number of carbonyl (C=O) groups excluding carboxylic acids is 1. The quantitative estimate of drug-likeness (QED) is 0.370. The van der Waals surface area contributed by atoms with E-state index < -0.39 is 0 Å². The number of halogens is 1. The summed E-state index contributed by atoms with van der Waals surface area (Å²) in [6.07, 6.45) is 0. The van der Waals surface area contributed by atoms with Crippen LogP contribution in [0.5, 0.6) is 0 Å². The highest BCUT2D eigenvalue weighted by atomic mass is 79.9. The molecule has 3 heterocycles. The Balaban J connectivity index is 1.48. The maximum absolute atomic E-state index is 12.6. The van der Waals surface area contributed by atoms with Crippen molar-refractivity contribution in [2.24, 2.45) is 0 Å². The van der Waals surface area contributed by atoms with Gasteiger partial charge in [0.15, 0.2) is 11.5 Å². The van der Waals surface area contributed by atoms with E-state index in [9.17, 15) is 4.79 Å². The van der Waals surface area contributed by atoms with Gasteiger partial charge < -0.3 is 5.32 Å². The summed E-state index contributed by atoms with van der Waals surface area (Å²) >= 11 is 5.01. The third-order valence-electron chi connectivity index (χ3n) is 4.54. The van der Waals surface area contributed by atoms with Crippen LogP contribution in [0.15, 0.2) is 82.6 Å². The van der Waals surface area contributed by atoms with Crippen LogP contribution in [0, 0.1) is 0 Å². The first-order chi connectivity index (χ1) is 14.7. The van der Waals surface area contributed by atoms with Crippen molar-refractivity contribution in [3.05, 3.63) is 88.2 Å². The van der Waals surface area contributed by atoms with Crippen LogP contribution in [0.1, 0.15) is 10.4 Å². The minimum atomic E-state index is -0.179. The smallest absolute Gasteiger partial charge is 0.256 e. The van der Waals surface area contributed by atoms with E-state index in [0.29, 0.717) is 22.7 Å². The van der Waals surface area contributed by atoms with Gasteiger partial charge >= 0.3 is 0 Å². The van der Waals surface area contributed by atoms with Crippen LogP contribution < -0.4 is 5.32 Å². The Bertz CT molecular complexity index is 1360. The molecule has 0 atom stereocenters. The largest absolute Gasteiger partial charge is 0.322 e. The first-order valence-corrected chi connectivity index (χ1v) is 10.8. The summed E-state index contributed by atoms with van der Waals surface area (Å²) in [7, 11) is 0. The SMILES string of the molecule is O=C(Nc1cccc(-c2ccc3nnc(-c4cccs4)n3n2)c1)c1ccccc1Br. The lowest BCUT2D eigenvalue weighted by Gasteiger charge is -2.09. The Labute approximate surface area is 184 Å². The Morgan fingerprint density at radius 1 is 0.967 bits per heavy atom. The summed E-state index contributed by atoms with van der Waals surface area (Å²) in [5.41, 5.74) is 3.59. The molecule has 3 aromatic heterocycles. The fourth-order valence-corrected chi connectivity index (χ4v) is 4.26. The lowest BCUT2D eigenvalue weighted by molar-refractivity contribution is 0.102. The van der Waals surface area contributed by atoms with Crippen LogP contribution in [-0.4, -0.2) is 25.7 Å².